The van der Waals surface area contributed by atoms with E-state index in [0.29, 0.717) is 0 Å². The zero-order valence-electron chi connectivity index (χ0n) is 6.00. The molecule has 0 heterocycles. The van der Waals surface area contributed by atoms with Crippen LogP contribution in [0, 0.1) is 0 Å². The second-order valence-corrected chi connectivity index (χ2v) is 3.19. The molecule has 0 saturated heterocycles. The van der Waals surface area contributed by atoms with Crippen LogP contribution in [0.15, 0.2) is 0 Å². The highest BCUT2D eigenvalue weighted by molar-refractivity contribution is 7.46. The van der Waals surface area contributed by atoms with Gasteiger partial charge in [-0.05, 0) is 0 Å². The lowest BCUT2D eigenvalue weighted by Gasteiger charge is -2.26. The van der Waals surface area contributed by atoms with Crippen molar-refractivity contribution in [3.63, 3.8) is 0 Å². The maximum atomic E-state index is 12.3. The average Bonchev–Trinajstić information content (AvgIpc) is 1.79. The van der Waals surface area contributed by atoms with Crippen LogP contribution in [0.2, 0.25) is 0 Å². The Hall–Kier alpha value is -0.310. The molecule has 86 valence electrons. The van der Waals surface area contributed by atoms with Crippen LogP contribution in [-0.4, -0.2) is 28.2 Å². The van der Waals surface area contributed by atoms with Gasteiger partial charge >= 0.3 is 26.3 Å². The van der Waals surface area contributed by atoms with Crippen molar-refractivity contribution < 1.29 is 45.2 Å². The summed E-state index contributed by atoms with van der Waals surface area (Å²) in [7, 11) is -6.01. The van der Waals surface area contributed by atoms with Crippen LogP contribution < -0.4 is 0 Å². The second kappa shape index (κ2) is 3.69. The molecular weight excluding hydrogens is 245 g/mol. The summed E-state index contributed by atoms with van der Waals surface area (Å²) in [4.78, 5) is 15.6. The average molecular weight is 248 g/mol. The fraction of sp³-hybridized carbons (Fsp3) is 1.00. The summed E-state index contributed by atoms with van der Waals surface area (Å²) >= 11 is 0. The first-order valence-electron chi connectivity index (χ1n) is 2.70. The molecule has 0 aromatic rings. The number of hydrogen-bond donors (Lipinski definition) is 2. The van der Waals surface area contributed by atoms with E-state index in [9.17, 15) is 30.9 Å². The molecule has 11 heteroatoms. The third kappa shape index (κ3) is 3.12. The van der Waals surface area contributed by atoms with E-state index in [1.165, 1.54) is 0 Å². The highest BCUT2D eigenvalue weighted by atomic mass is 31.2. The van der Waals surface area contributed by atoms with Gasteiger partial charge in [0.15, 0.2) is 0 Å². The van der Waals surface area contributed by atoms with Gasteiger partial charge < -0.3 is 9.79 Å². The van der Waals surface area contributed by atoms with E-state index in [4.69, 9.17) is 9.79 Å². The Kier molecular flexibility index (Phi) is 3.60. The third-order valence-corrected chi connectivity index (χ3v) is 1.42. The van der Waals surface area contributed by atoms with Gasteiger partial charge in [0.2, 0.25) is 0 Å². The van der Waals surface area contributed by atoms with Crippen molar-refractivity contribution in [2.45, 2.75) is 18.5 Å². The first-order valence-corrected chi connectivity index (χ1v) is 4.23. The highest BCUT2D eigenvalue weighted by Gasteiger charge is 2.67. The topological polar surface area (TPSA) is 66.8 Å². The predicted molar refractivity (Wildman–Crippen MR) is 29.0 cm³/mol. The maximum Gasteiger partial charge on any atom is 0.472 e. The van der Waals surface area contributed by atoms with E-state index in [2.05, 4.69) is 4.52 Å². The SMILES string of the molecule is O=P(O)(O)OC(F)(C(F)F)C(F)(F)F. The molecule has 2 N–H and O–H groups in total. The summed E-state index contributed by atoms with van der Waals surface area (Å²) in [6.45, 7) is 0. The highest BCUT2D eigenvalue weighted by Crippen LogP contribution is 2.50. The fourth-order valence-electron chi connectivity index (χ4n) is 0.388. The fourth-order valence-corrected chi connectivity index (χ4v) is 0.918. The first kappa shape index (κ1) is 13.7. The zero-order chi connectivity index (χ0) is 11.8. The summed E-state index contributed by atoms with van der Waals surface area (Å²) in [5, 5.41) is 0. The van der Waals surface area contributed by atoms with Gasteiger partial charge in [-0.25, -0.2) is 17.9 Å². The van der Waals surface area contributed by atoms with Crippen LogP contribution >= 0.6 is 7.82 Å². The molecular formula is C3H3F6O4P. The Morgan fingerprint density at radius 1 is 1.14 bits per heavy atom. The van der Waals surface area contributed by atoms with Gasteiger partial charge in [0.25, 0.3) is 0 Å². The van der Waals surface area contributed by atoms with Crippen LogP contribution in [0.1, 0.15) is 0 Å². The standard InChI is InChI=1S/C3H3F6O4P/c4-1(5)2(6,3(7,8)9)13-14(10,11)12/h1H,(H2,10,11,12). The summed E-state index contributed by atoms with van der Waals surface area (Å²) in [5.74, 6) is -5.67. The van der Waals surface area contributed by atoms with E-state index < -0.39 is 26.3 Å². The number of rotatable bonds is 3. The molecule has 0 aliphatic carbocycles. The summed E-state index contributed by atoms with van der Waals surface area (Å²) in [6.07, 6.45) is -11.0. The van der Waals surface area contributed by atoms with E-state index in [0.717, 1.165) is 0 Å². The second-order valence-electron chi connectivity index (χ2n) is 2.03. The summed E-state index contributed by atoms with van der Waals surface area (Å²) in [5.41, 5.74) is 0. The lowest BCUT2D eigenvalue weighted by Crippen LogP contribution is -2.48. The molecule has 0 aromatic heterocycles. The molecule has 1 atom stereocenters. The molecule has 0 fully saturated rings. The van der Waals surface area contributed by atoms with Crippen molar-refractivity contribution in [2.75, 3.05) is 0 Å². The van der Waals surface area contributed by atoms with Gasteiger partial charge in [0.05, 0.1) is 0 Å². The minimum Gasteiger partial charge on any atom is -0.303 e. The normalized spacial score (nSPS) is 18.4. The zero-order valence-corrected chi connectivity index (χ0v) is 6.90. The number of phosphoric ester groups is 1. The maximum absolute atomic E-state index is 12.3. The van der Waals surface area contributed by atoms with E-state index in [1.807, 2.05) is 0 Å². The molecule has 0 aliphatic heterocycles. The Bertz CT molecular complexity index is 246. The molecule has 0 bridgehead atoms. The molecule has 1 unspecified atom stereocenters. The molecule has 14 heavy (non-hydrogen) atoms. The van der Waals surface area contributed by atoms with E-state index in [-0.39, 0.29) is 0 Å². The minimum atomic E-state index is -6.25. The molecule has 0 saturated carbocycles. The predicted octanol–water partition coefficient (Wildman–Crippen LogP) is 1.59. The molecule has 0 aliphatic rings. The molecule has 0 rings (SSSR count). The Morgan fingerprint density at radius 3 is 1.57 bits per heavy atom. The van der Waals surface area contributed by atoms with Gasteiger partial charge in [0.1, 0.15) is 0 Å². The smallest absolute Gasteiger partial charge is 0.303 e. The van der Waals surface area contributed by atoms with Crippen molar-refractivity contribution in [2.24, 2.45) is 0 Å². The van der Waals surface area contributed by atoms with Crippen LogP contribution in [0.5, 0.6) is 0 Å². The van der Waals surface area contributed by atoms with Crippen LogP contribution in [0.3, 0.4) is 0 Å². The monoisotopic (exact) mass is 248 g/mol. The summed E-state index contributed by atoms with van der Waals surface area (Å²) in [6, 6.07) is 0. The molecule has 0 aromatic carbocycles. The number of phosphoric acid groups is 1. The lowest BCUT2D eigenvalue weighted by molar-refractivity contribution is -0.344. The van der Waals surface area contributed by atoms with Gasteiger partial charge in [-0.15, -0.1) is 0 Å². The van der Waals surface area contributed by atoms with Crippen molar-refractivity contribution in [3.05, 3.63) is 0 Å². The molecule has 0 spiro atoms. The Morgan fingerprint density at radius 2 is 1.50 bits per heavy atom. The first-order chi connectivity index (χ1) is 5.90. The Labute approximate surface area is 72.7 Å². The number of hydrogen-bond acceptors (Lipinski definition) is 2. The van der Waals surface area contributed by atoms with Gasteiger partial charge in [0, 0.05) is 0 Å². The van der Waals surface area contributed by atoms with Gasteiger partial charge in [-0.1, -0.05) is 0 Å². The quantitative estimate of drug-likeness (QED) is 0.587. The lowest BCUT2D eigenvalue weighted by atomic mass is 10.3. The minimum absolute atomic E-state index is 2.38. The largest absolute Gasteiger partial charge is 0.472 e. The van der Waals surface area contributed by atoms with Crippen LogP contribution in [0.25, 0.3) is 0 Å². The van der Waals surface area contributed by atoms with Crippen molar-refractivity contribution in [1.82, 2.24) is 0 Å². The van der Waals surface area contributed by atoms with E-state index in [1.54, 1.807) is 0 Å². The van der Waals surface area contributed by atoms with Crippen molar-refractivity contribution in [1.29, 1.82) is 0 Å². The van der Waals surface area contributed by atoms with Crippen molar-refractivity contribution in [3.8, 4) is 0 Å². The van der Waals surface area contributed by atoms with Crippen LogP contribution in [0.4, 0.5) is 26.3 Å². The molecule has 0 radical (unpaired) electrons. The molecule has 0 amide bonds. The molecule has 4 nitrogen and oxygen atoms in total. The van der Waals surface area contributed by atoms with Gasteiger partial charge in [-0.3, -0.25) is 0 Å². The van der Waals surface area contributed by atoms with Gasteiger partial charge in [-0.2, -0.15) is 17.6 Å². The van der Waals surface area contributed by atoms with E-state index >= 15 is 0 Å². The van der Waals surface area contributed by atoms with Crippen molar-refractivity contribution >= 4 is 7.82 Å². The number of halogens is 6. The Balaban J connectivity index is 5.04. The van der Waals surface area contributed by atoms with Crippen LogP contribution in [-0.2, 0) is 9.09 Å². The third-order valence-electron chi connectivity index (χ3n) is 0.919. The number of alkyl halides is 6. The summed E-state index contributed by atoms with van der Waals surface area (Å²) < 4.78 is 82.3.